The van der Waals surface area contributed by atoms with Crippen molar-refractivity contribution in [3.05, 3.63) is 88.3 Å². The minimum atomic E-state index is 0.386. The second kappa shape index (κ2) is 10.4. The molecule has 1 saturated heterocycles. The molecule has 7 heteroatoms. The molecule has 1 aliphatic carbocycles. The minimum absolute atomic E-state index is 0.386. The van der Waals surface area contributed by atoms with E-state index >= 15 is 0 Å². The van der Waals surface area contributed by atoms with Crippen molar-refractivity contribution in [1.82, 2.24) is 19.9 Å². The van der Waals surface area contributed by atoms with Crippen LogP contribution in [0.5, 0.6) is 5.75 Å². The summed E-state index contributed by atoms with van der Waals surface area (Å²) < 4.78 is 5.71. The summed E-state index contributed by atoms with van der Waals surface area (Å²) in [7, 11) is 0. The maximum absolute atomic E-state index is 9.11. The molecule has 0 spiro atoms. The van der Waals surface area contributed by atoms with E-state index in [9.17, 15) is 0 Å². The number of hydrogen-bond acceptors (Lipinski definition) is 6. The number of hydrogen-bond donors (Lipinski definition) is 1. The zero-order valence-corrected chi connectivity index (χ0v) is 22.7. The zero-order valence-electron chi connectivity index (χ0n) is 22.7. The van der Waals surface area contributed by atoms with E-state index in [4.69, 9.17) is 20.0 Å². The third kappa shape index (κ3) is 4.79. The summed E-state index contributed by atoms with van der Waals surface area (Å²) in [5.74, 6) is 3.40. The fraction of sp³-hybridized carbons (Fsp3) is 0.312. The molecule has 196 valence electrons. The van der Waals surface area contributed by atoms with Crippen molar-refractivity contribution >= 4 is 17.5 Å². The van der Waals surface area contributed by atoms with Gasteiger partial charge in [0.1, 0.15) is 23.7 Å². The number of fused-ring (bicyclic) bond motifs is 1. The van der Waals surface area contributed by atoms with Crippen molar-refractivity contribution in [2.45, 2.75) is 46.0 Å². The SMILES string of the molecule is CCOc1ccc(-c2nc(C3CCN(c4ncnc5c4C=C(c4ccc(C#N)cc4)C5)CC3)[nH]c2C)cc1C. The van der Waals surface area contributed by atoms with Crippen LogP contribution in [0, 0.1) is 25.2 Å². The van der Waals surface area contributed by atoms with Crippen LogP contribution in [-0.4, -0.2) is 39.6 Å². The smallest absolute Gasteiger partial charge is 0.139 e. The summed E-state index contributed by atoms with van der Waals surface area (Å²) in [5.41, 5.74) is 9.58. The van der Waals surface area contributed by atoms with E-state index in [2.05, 4.69) is 53.0 Å². The molecule has 0 saturated carbocycles. The normalized spacial score (nSPS) is 15.1. The number of nitrogens with zero attached hydrogens (tertiary/aromatic N) is 5. The Bertz CT molecular complexity index is 1590. The van der Waals surface area contributed by atoms with Crippen LogP contribution in [0.3, 0.4) is 0 Å². The summed E-state index contributed by atoms with van der Waals surface area (Å²) >= 11 is 0. The summed E-state index contributed by atoms with van der Waals surface area (Å²) in [6.07, 6.45) is 6.72. The number of aryl methyl sites for hydroxylation is 2. The minimum Gasteiger partial charge on any atom is -0.494 e. The Hall–Kier alpha value is -4.44. The second-order valence-electron chi connectivity index (χ2n) is 10.4. The summed E-state index contributed by atoms with van der Waals surface area (Å²) in [5, 5.41) is 9.11. The first-order chi connectivity index (χ1) is 19.0. The predicted octanol–water partition coefficient (Wildman–Crippen LogP) is 6.23. The quantitative estimate of drug-likeness (QED) is 0.326. The summed E-state index contributed by atoms with van der Waals surface area (Å²) in [6, 6.07) is 16.3. The van der Waals surface area contributed by atoms with Crippen LogP contribution in [0.2, 0.25) is 0 Å². The molecule has 39 heavy (non-hydrogen) atoms. The average molecular weight is 517 g/mol. The van der Waals surface area contributed by atoms with Gasteiger partial charge in [-0.05, 0) is 86.7 Å². The van der Waals surface area contributed by atoms with Crippen molar-refractivity contribution in [3.8, 4) is 23.1 Å². The Morgan fingerprint density at radius 2 is 1.82 bits per heavy atom. The van der Waals surface area contributed by atoms with Crippen molar-refractivity contribution < 1.29 is 4.74 Å². The van der Waals surface area contributed by atoms with Crippen LogP contribution in [-0.2, 0) is 6.42 Å². The number of anilines is 1. The number of ether oxygens (including phenoxy) is 1. The molecule has 4 aromatic rings. The van der Waals surface area contributed by atoms with Crippen LogP contribution in [0.1, 0.15) is 65.1 Å². The van der Waals surface area contributed by atoms with E-state index in [-0.39, 0.29) is 0 Å². The Kier molecular flexibility index (Phi) is 6.62. The molecular weight excluding hydrogens is 484 g/mol. The molecule has 1 fully saturated rings. The maximum atomic E-state index is 9.11. The average Bonchev–Trinajstić information content (AvgIpc) is 3.58. The van der Waals surface area contributed by atoms with Gasteiger partial charge in [0.05, 0.1) is 29.6 Å². The van der Waals surface area contributed by atoms with Crippen LogP contribution in [0.4, 0.5) is 5.82 Å². The van der Waals surface area contributed by atoms with Crippen molar-refractivity contribution in [2.75, 3.05) is 24.6 Å². The van der Waals surface area contributed by atoms with Gasteiger partial charge >= 0.3 is 0 Å². The number of imidazole rings is 1. The van der Waals surface area contributed by atoms with Gasteiger partial charge in [0.25, 0.3) is 0 Å². The Morgan fingerprint density at radius 1 is 1.05 bits per heavy atom. The van der Waals surface area contributed by atoms with E-state index in [1.165, 1.54) is 5.57 Å². The van der Waals surface area contributed by atoms with E-state index in [1.807, 2.05) is 37.3 Å². The lowest BCUT2D eigenvalue weighted by atomic mass is 9.96. The van der Waals surface area contributed by atoms with Crippen molar-refractivity contribution in [3.63, 3.8) is 0 Å². The lowest BCUT2D eigenvalue weighted by Crippen LogP contribution is -2.34. The Morgan fingerprint density at radius 3 is 2.54 bits per heavy atom. The van der Waals surface area contributed by atoms with Gasteiger partial charge in [0.15, 0.2) is 0 Å². The molecule has 2 aliphatic rings. The summed E-state index contributed by atoms with van der Waals surface area (Å²) in [4.78, 5) is 20.3. The molecule has 0 radical (unpaired) electrons. The molecule has 1 aliphatic heterocycles. The molecule has 3 heterocycles. The number of H-pyrrole nitrogens is 1. The molecule has 1 N–H and O–H groups in total. The lowest BCUT2D eigenvalue weighted by Gasteiger charge is -2.32. The third-order valence-electron chi connectivity index (χ3n) is 7.84. The van der Waals surface area contributed by atoms with E-state index in [1.54, 1.807) is 6.33 Å². The van der Waals surface area contributed by atoms with Crippen LogP contribution in [0.15, 0.2) is 48.8 Å². The van der Waals surface area contributed by atoms with Crippen molar-refractivity contribution in [2.24, 2.45) is 0 Å². The predicted molar refractivity (Wildman–Crippen MR) is 154 cm³/mol. The largest absolute Gasteiger partial charge is 0.494 e. The monoisotopic (exact) mass is 516 g/mol. The number of allylic oxidation sites excluding steroid dienone is 1. The molecule has 2 aromatic heterocycles. The van der Waals surface area contributed by atoms with Gasteiger partial charge in [-0.1, -0.05) is 12.1 Å². The molecule has 0 amide bonds. The lowest BCUT2D eigenvalue weighted by molar-refractivity contribution is 0.338. The van der Waals surface area contributed by atoms with Gasteiger partial charge in [-0.2, -0.15) is 5.26 Å². The topological polar surface area (TPSA) is 90.7 Å². The first kappa shape index (κ1) is 24.9. The highest BCUT2D eigenvalue weighted by atomic mass is 16.5. The van der Waals surface area contributed by atoms with Crippen LogP contribution in [0.25, 0.3) is 22.9 Å². The molecular formula is C32H32N6O. The molecule has 0 unspecified atom stereocenters. The number of nitriles is 1. The van der Waals surface area contributed by atoms with Gasteiger partial charge in [0.2, 0.25) is 0 Å². The fourth-order valence-corrected chi connectivity index (χ4v) is 5.75. The number of nitrogens with one attached hydrogen (secondary N) is 1. The van der Waals surface area contributed by atoms with E-state index in [0.29, 0.717) is 18.1 Å². The van der Waals surface area contributed by atoms with Crippen LogP contribution >= 0.6 is 0 Å². The highest BCUT2D eigenvalue weighted by molar-refractivity contribution is 5.91. The van der Waals surface area contributed by atoms with Gasteiger partial charge in [-0.3, -0.25) is 0 Å². The number of piperidine rings is 1. The van der Waals surface area contributed by atoms with Gasteiger partial charge < -0.3 is 14.6 Å². The number of benzene rings is 2. The molecule has 0 atom stereocenters. The first-order valence-corrected chi connectivity index (χ1v) is 13.6. The number of aromatic amines is 1. The van der Waals surface area contributed by atoms with E-state index in [0.717, 1.165) is 89.1 Å². The highest BCUT2D eigenvalue weighted by Crippen LogP contribution is 2.38. The van der Waals surface area contributed by atoms with Gasteiger partial charge in [0, 0.05) is 42.2 Å². The summed E-state index contributed by atoms with van der Waals surface area (Å²) in [6.45, 7) is 8.70. The van der Waals surface area contributed by atoms with Gasteiger partial charge in [-0.15, -0.1) is 0 Å². The standard InChI is InChI=1S/C32H32N6O/c1-4-39-29-10-9-25(15-20(29)2)30-21(3)36-31(37-30)24-11-13-38(14-12-24)32-27-16-26(17-28(27)34-19-35-32)23-7-5-22(18-33)6-8-23/h5-10,15-16,19,24H,4,11-14,17H2,1-3H3,(H,36,37). The van der Waals surface area contributed by atoms with E-state index < -0.39 is 0 Å². The van der Waals surface area contributed by atoms with Crippen LogP contribution < -0.4 is 9.64 Å². The molecule has 7 nitrogen and oxygen atoms in total. The Balaban J connectivity index is 1.17. The second-order valence-corrected chi connectivity index (χ2v) is 10.4. The zero-order chi connectivity index (χ0) is 26.9. The Labute approximate surface area is 229 Å². The number of aromatic nitrogens is 4. The first-order valence-electron chi connectivity index (χ1n) is 13.6. The molecule has 0 bridgehead atoms. The highest BCUT2D eigenvalue weighted by Gasteiger charge is 2.28. The van der Waals surface area contributed by atoms with Gasteiger partial charge in [-0.25, -0.2) is 15.0 Å². The molecule has 2 aromatic carbocycles. The third-order valence-corrected chi connectivity index (χ3v) is 7.84. The fourth-order valence-electron chi connectivity index (χ4n) is 5.75. The van der Waals surface area contributed by atoms with Crippen molar-refractivity contribution in [1.29, 1.82) is 5.26 Å². The maximum Gasteiger partial charge on any atom is 0.139 e. The number of rotatable bonds is 6. The molecule has 6 rings (SSSR count).